The maximum Gasteiger partial charge on any atom is 0.341 e. The van der Waals surface area contributed by atoms with Gasteiger partial charge in [-0.25, -0.2) is 18.6 Å². The Morgan fingerprint density at radius 1 is 1.11 bits per heavy atom. The standard InChI is InChI=1S/C27H23F2N5O3/c1-30-19-9-18(28)23(29)21-14(19)8-20-22(21)24(34-5-3-4-6-34)16(11-31-20)13-7-15-25(35)17(27(36)37)12-33(2)26(15)32-10-13/h7,9-12,30H,3-6,8H2,1-2H3,(H,36,37). The minimum absolute atomic E-state index is 0.155. The molecule has 2 aliphatic rings. The summed E-state index contributed by atoms with van der Waals surface area (Å²) in [6.45, 7) is 1.47. The van der Waals surface area contributed by atoms with E-state index in [0.717, 1.165) is 31.6 Å². The number of fused-ring (bicyclic) bond motifs is 4. The number of hydrogen-bond acceptors (Lipinski definition) is 6. The summed E-state index contributed by atoms with van der Waals surface area (Å²) in [6, 6.07) is 2.77. The lowest BCUT2D eigenvalue weighted by atomic mass is 9.97. The first kappa shape index (κ1) is 23.1. The molecule has 4 heterocycles. The Kier molecular flexibility index (Phi) is 5.22. The Labute approximate surface area is 210 Å². The third-order valence-electron chi connectivity index (χ3n) is 7.30. The molecule has 1 aliphatic carbocycles. The van der Waals surface area contributed by atoms with Gasteiger partial charge in [-0.3, -0.25) is 9.78 Å². The van der Waals surface area contributed by atoms with E-state index in [4.69, 9.17) is 0 Å². The van der Waals surface area contributed by atoms with Crippen LogP contribution in [0, 0.1) is 11.6 Å². The van der Waals surface area contributed by atoms with E-state index < -0.39 is 23.0 Å². The topological polar surface area (TPSA) is 100 Å². The molecular formula is C27H23F2N5O3. The fraction of sp³-hybridized carbons (Fsp3) is 0.259. The van der Waals surface area contributed by atoms with Crippen LogP contribution in [-0.2, 0) is 13.5 Å². The summed E-state index contributed by atoms with van der Waals surface area (Å²) in [5.41, 5.74) is 3.81. The Bertz CT molecular complexity index is 1690. The van der Waals surface area contributed by atoms with Crippen molar-refractivity contribution in [3.8, 4) is 22.3 Å². The molecule has 0 spiro atoms. The molecule has 0 saturated carbocycles. The smallest absolute Gasteiger partial charge is 0.341 e. The lowest BCUT2D eigenvalue weighted by Gasteiger charge is -2.25. The maximum atomic E-state index is 15.4. The van der Waals surface area contributed by atoms with Crippen molar-refractivity contribution in [2.24, 2.45) is 7.05 Å². The molecule has 6 rings (SSSR count). The third kappa shape index (κ3) is 3.39. The highest BCUT2D eigenvalue weighted by Gasteiger charge is 2.34. The van der Waals surface area contributed by atoms with Gasteiger partial charge in [-0.1, -0.05) is 0 Å². The first-order chi connectivity index (χ1) is 17.8. The molecule has 10 heteroatoms. The molecule has 188 valence electrons. The van der Waals surface area contributed by atoms with Crippen molar-refractivity contribution in [2.75, 3.05) is 30.4 Å². The van der Waals surface area contributed by atoms with Gasteiger partial charge in [0.05, 0.1) is 16.8 Å². The molecule has 3 aromatic heterocycles. The van der Waals surface area contributed by atoms with Crippen LogP contribution in [0.1, 0.15) is 34.5 Å². The van der Waals surface area contributed by atoms with E-state index >= 15 is 4.39 Å². The van der Waals surface area contributed by atoms with Crippen LogP contribution in [-0.4, -0.2) is 45.7 Å². The highest BCUT2D eigenvalue weighted by molar-refractivity contribution is 5.98. The van der Waals surface area contributed by atoms with Gasteiger partial charge in [0.15, 0.2) is 11.6 Å². The second kappa shape index (κ2) is 8.36. The van der Waals surface area contributed by atoms with Crippen molar-refractivity contribution < 1.29 is 18.7 Å². The molecular weight excluding hydrogens is 480 g/mol. The van der Waals surface area contributed by atoms with E-state index in [9.17, 15) is 19.1 Å². The molecule has 4 aromatic rings. The van der Waals surface area contributed by atoms with Crippen molar-refractivity contribution >= 4 is 28.4 Å². The van der Waals surface area contributed by atoms with Gasteiger partial charge in [0, 0.05) is 86.2 Å². The lowest BCUT2D eigenvalue weighted by molar-refractivity contribution is 0.0695. The van der Waals surface area contributed by atoms with Gasteiger partial charge in [0.1, 0.15) is 11.2 Å². The average Bonchev–Trinajstić information content (AvgIpc) is 3.56. The second-order valence-electron chi connectivity index (χ2n) is 9.42. The van der Waals surface area contributed by atoms with E-state index in [-0.39, 0.29) is 16.5 Å². The number of halogens is 2. The zero-order valence-electron chi connectivity index (χ0n) is 20.2. The van der Waals surface area contributed by atoms with E-state index in [1.807, 2.05) is 0 Å². The summed E-state index contributed by atoms with van der Waals surface area (Å²) >= 11 is 0. The molecule has 0 radical (unpaired) electrons. The van der Waals surface area contributed by atoms with E-state index in [2.05, 4.69) is 20.2 Å². The number of carboxylic acids is 1. The number of nitrogens with zero attached hydrogens (tertiary/aromatic N) is 4. The number of nitrogens with one attached hydrogen (secondary N) is 1. The van der Waals surface area contributed by atoms with E-state index in [0.29, 0.717) is 45.7 Å². The lowest BCUT2D eigenvalue weighted by Crippen LogP contribution is -2.20. The van der Waals surface area contributed by atoms with Crippen molar-refractivity contribution in [1.82, 2.24) is 14.5 Å². The molecule has 2 N–H and O–H groups in total. The van der Waals surface area contributed by atoms with Gasteiger partial charge >= 0.3 is 5.97 Å². The van der Waals surface area contributed by atoms with Crippen molar-refractivity contribution in [3.63, 3.8) is 0 Å². The predicted octanol–water partition coefficient (Wildman–Crippen LogP) is 4.19. The van der Waals surface area contributed by atoms with Gasteiger partial charge in [-0.05, 0) is 24.5 Å². The van der Waals surface area contributed by atoms with Gasteiger partial charge in [0.2, 0.25) is 5.43 Å². The number of rotatable bonds is 4. The maximum absolute atomic E-state index is 15.4. The Balaban J connectivity index is 1.66. The summed E-state index contributed by atoms with van der Waals surface area (Å²) in [7, 11) is 3.30. The highest BCUT2D eigenvalue weighted by atomic mass is 19.2. The van der Waals surface area contributed by atoms with Crippen LogP contribution < -0.4 is 15.6 Å². The van der Waals surface area contributed by atoms with Crippen LogP contribution in [0.15, 0.2) is 35.5 Å². The Morgan fingerprint density at radius 2 is 1.86 bits per heavy atom. The minimum atomic E-state index is -1.32. The fourth-order valence-electron chi connectivity index (χ4n) is 5.58. The van der Waals surface area contributed by atoms with Crippen molar-refractivity contribution in [3.05, 3.63) is 69.4 Å². The van der Waals surface area contributed by atoms with Crippen LogP contribution in [0.3, 0.4) is 0 Å². The van der Waals surface area contributed by atoms with Crippen LogP contribution in [0.2, 0.25) is 0 Å². The van der Waals surface area contributed by atoms with Crippen LogP contribution in [0.25, 0.3) is 33.3 Å². The monoisotopic (exact) mass is 503 g/mol. The van der Waals surface area contributed by atoms with Crippen molar-refractivity contribution in [1.29, 1.82) is 0 Å². The Hall–Kier alpha value is -4.34. The Morgan fingerprint density at radius 3 is 2.57 bits per heavy atom. The summed E-state index contributed by atoms with van der Waals surface area (Å²) in [4.78, 5) is 35.9. The molecule has 0 amide bonds. The minimum Gasteiger partial charge on any atom is -0.477 e. The normalized spacial score (nSPS) is 14.2. The number of carbonyl (C=O) groups is 1. The zero-order chi connectivity index (χ0) is 26.0. The van der Waals surface area contributed by atoms with Gasteiger partial charge in [-0.15, -0.1) is 0 Å². The molecule has 1 aliphatic heterocycles. The molecule has 37 heavy (non-hydrogen) atoms. The van der Waals surface area contributed by atoms with Crippen LogP contribution in [0.5, 0.6) is 0 Å². The number of aromatic nitrogens is 3. The molecule has 0 atom stereocenters. The summed E-state index contributed by atoms with van der Waals surface area (Å²) < 4.78 is 31.5. The summed E-state index contributed by atoms with van der Waals surface area (Å²) in [5.74, 6) is -3.17. The molecule has 1 saturated heterocycles. The number of pyridine rings is 3. The number of carboxylic acid groups (broad SMARTS) is 1. The third-order valence-corrected chi connectivity index (χ3v) is 7.30. The predicted molar refractivity (Wildman–Crippen MR) is 136 cm³/mol. The van der Waals surface area contributed by atoms with E-state index in [1.54, 1.807) is 32.6 Å². The van der Waals surface area contributed by atoms with Gasteiger partial charge < -0.3 is 19.9 Å². The van der Waals surface area contributed by atoms with Crippen LogP contribution in [0.4, 0.5) is 20.2 Å². The largest absolute Gasteiger partial charge is 0.477 e. The van der Waals surface area contributed by atoms with Crippen LogP contribution >= 0.6 is 0 Å². The molecule has 0 unspecified atom stereocenters. The quantitative estimate of drug-likeness (QED) is 0.379. The van der Waals surface area contributed by atoms with E-state index in [1.165, 1.54) is 16.8 Å². The van der Waals surface area contributed by atoms with Crippen molar-refractivity contribution in [2.45, 2.75) is 19.3 Å². The zero-order valence-corrected chi connectivity index (χ0v) is 20.2. The highest BCUT2D eigenvalue weighted by Crippen LogP contribution is 2.50. The molecule has 1 aromatic carbocycles. The number of aromatic carboxylic acids is 1. The number of hydrogen-bond donors (Lipinski definition) is 2. The molecule has 0 bridgehead atoms. The number of benzene rings is 1. The summed E-state index contributed by atoms with van der Waals surface area (Å²) in [6.07, 6.45) is 6.80. The second-order valence-corrected chi connectivity index (χ2v) is 9.42. The molecule has 8 nitrogen and oxygen atoms in total. The SMILES string of the molecule is CNc1cc(F)c(F)c2c1Cc1ncc(-c3cnc4c(c3)c(=O)c(C(=O)O)cn4C)c(N3CCCC3)c1-2. The fourth-order valence-corrected chi connectivity index (χ4v) is 5.58. The first-order valence-corrected chi connectivity index (χ1v) is 12.0. The number of aryl methyl sites for hydroxylation is 1. The first-order valence-electron chi connectivity index (χ1n) is 12.0. The summed E-state index contributed by atoms with van der Waals surface area (Å²) in [5, 5.41) is 12.6. The van der Waals surface area contributed by atoms with Gasteiger partial charge in [0.25, 0.3) is 0 Å². The average molecular weight is 504 g/mol. The molecule has 1 fully saturated rings. The van der Waals surface area contributed by atoms with Gasteiger partial charge in [-0.2, -0.15) is 0 Å². The number of anilines is 2.